The summed E-state index contributed by atoms with van der Waals surface area (Å²) in [6.45, 7) is 12.1. The summed E-state index contributed by atoms with van der Waals surface area (Å²) in [5, 5.41) is 0. The Kier molecular flexibility index (Phi) is 16.9. The Morgan fingerprint density at radius 3 is 0.835 bits per heavy atom. The molecule has 4 nitrogen and oxygen atoms in total. The van der Waals surface area contributed by atoms with Crippen molar-refractivity contribution in [2.24, 2.45) is 0 Å². The quantitative estimate of drug-likeness (QED) is 0.0800. The number of hydrogen-bond acceptors (Lipinski definition) is 4. The lowest BCUT2D eigenvalue weighted by Gasteiger charge is -2.36. The lowest BCUT2D eigenvalue weighted by molar-refractivity contribution is 0.306. The van der Waals surface area contributed by atoms with Gasteiger partial charge in [-0.15, -0.1) is 0 Å². The maximum absolute atomic E-state index is 16.9. The summed E-state index contributed by atoms with van der Waals surface area (Å²) in [7, 11) is 0. The summed E-state index contributed by atoms with van der Waals surface area (Å²) >= 11 is 0. The number of rotatable bonds is 18. The molecule has 8 heteroatoms. The van der Waals surface area contributed by atoms with Crippen molar-refractivity contribution in [1.82, 2.24) is 0 Å². The molecule has 2 atom stereocenters. The van der Waals surface area contributed by atoms with E-state index in [1.54, 1.807) is 26.0 Å². The first-order chi connectivity index (χ1) is 56.3. The SMILES string of the molecule is C=Cc1ccc(COc2ccc(C3(c4ccc(F)cc4)c4ccccc4-c4ccc(N(c5ccc(C)c(F)c5)c5ccc6c(c5)C5(c7ccccc7-6)c6ccccc6-c6ccc(N(c7ccc(C)c(F)c7)c7ccc8c(c7)C(c7ccc(F)cc7)(c7ccc(OCc9ccc(C=C)cc9)cc7)c7ccccc7-8)cc65)cc43)cc2)cc1. The van der Waals surface area contributed by atoms with E-state index in [2.05, 4.69) is 217 Å². The lowest BCUT2D eigenvalue weighted by atomic mass is 9.67. The Bertz CT molecular complexity index is 6190. The molecular formula is C107H74F4N2O2. The Hall–Kier alpha value is -14.1. The average Bonchev–Trinajstić information content (AvgIpc) is 1.51. The first kappa shape index (κ1) is 70.1. The minimum absolute atomic E-state index is 0.346. The highest BCUT2D eigenvalue weighted by Crippen LogP contribution is 2.66. The van der Waals surface area contributed by atoms with Crippen LogP contribution in [0.4, 0.5) is 51.7 Å². The van der Waals surface area contributed by atoms with Gasteiger partial charge >= 0.3 is 0 Å². The maximum atomic E-state index is 16.9. The molecule has 0 aliphatic heterocycles. The minimum Gasteiger partial charge on any atom is -0.489 e. The van der Waals surface area contributed by atoms with Crippen molar-refractivity contribution in [3.8, 4) is 56.0 Å². The highest BCUT2D eigenvalue weighted by Gasteiger charge is 2.53. The summed E-state index contributed by atoms with van der Waals surface area (Å²) < 4.78 is 77.6. The summed E-state index contributed by atoms with van der Waals surface area (Å²) in [5.41, 5.74) is 26.9. The largest absolute Gasteiger partial charge is 0.489 e. The fourth-order valence-corrected chi connectivity index (χ4v) is 19.0. The van der Waals surface area contributed by atoms with Crippen molar-refractivity contribution in [2.45, 2.75) is 43.3 Å². The van der Waals surface area contributed by atoms with E-state index in [1.807, 2.05) is 133 Å². The molecule has 0 bridgehead atoms. The highest BCUT2D eigenvalue weighted by atomic mass is 19.1. The third-order valence-corrected chi connectivity index (χ3v) is 24.3. The summed E-state index contributed by atoms with van der Waals surface area (Å²) in [6, 6.07) is 118. The zero-order valence-electron chi connectivity index (χ0n) is 63.2. The van der Waals surface area contributed by atoms with Gasteiger partial charge in [-0.05, 0) is 280 Å². The highest BCUT2D eigenvalue weighted by molar-refractivity contribution is 5.99. The van der Waals surface area contributed by atoms with Crippen LogP contribution in [0.25, 0.3) is 56.7 Å². The molecule has 0 aromatic heterocycles. The van der Waals surface area contributed by atoms with Crippen LogP contribution in [0.3, 0.4) is 0 Å². The number of anilines is 6. The number of halogens is 4. The molecule has 16 aromatic rings. The smallest absolute Gasteiger partial charge is 0.128 e. The second-order valence-corrected chi connectivity index (χ2v) is 30.4. The van der Waals surface area contributed by atoms with Crippen molar-refractivity contribution in [3.63, 3.8) is 0 Å². The van der Waals surface area contributed by atoms with Crippen LogP contribution in [0.2, 0.25) is 0 Å². The van der Waals surface area contributed by atoms with Crippen molar-refractivity contribution in [1.29, 1.82) is 0 Å². The number of hydrogen-bond donors (Lipinski definition) is 0. The van der Waals surface area contributed by atoms with E-state index in [9.17, 15) is 0 Å². The first-order valence-electron chi connectivity index (χ1n) is 38.8. The summed E-state index contributed by atoms with van der Waals surface area (Å²) in [5.74, 6) is 0.00346. The monoisotopic (exact) mass is 1490 g/mol. The summed E-state index contributed by atoms with van der Waals surface area (Å²) in [4.78, 5) is 4.35. The van der Waals surface area contributed by atoms with Crippen LogP contribution in [-0.2, 0) is 29.5 Å². The molecule has 0 radical (unpaired) electrons. The predicted molar refractivity (Wildman–Crippen MR) is 458 cm³/mol. The molecular weight excluding hydrogens is 1420 g/mol. The molecule has 0 N–H and O–H groups in total. The molecule has 20 rings (SSSR count). The van der Waals surface area contributed by atoms with Gasteiger partial charge in [-0.3, -0.25) is 0 Å². The van der Waals surface area contributed by atoms with Crippen LogP contribution in [0.15, 0.2) is 365 Å². The van der Waals surface area contributed by atoms with Gasteiger partial charge in [-0.1, -0.05) is 256 Å². The van der Waals surface area contributed by atoms with Gasteiger partial charge in [-0.2, -0.15) is 0 Å². The van der Waals surface area contributed by atoms with E-state index < -0.39 is 16.2 Å². The van der Waals surface area contributed by atoms with Crippen LogP contribution >= 0.6 is 0 Å². The minimum atomic E-state index is -0.977. The average molecular weight is 1500 g/mol. The predicted octanol–water partition coefficient (Wildman–Crippen LogP) is 27.3. The van der Waals surface area contributed by atoms with E-state index >= 15 is 17.6 Å². The molecule has 0 heterocycles. The molecule has 0 saturated carbocycles. The van der Waals surface area contributed by atoms with Gasteiger partial charge < -0.3 is 19.3 Å². The van der Waals surface area contributed by atoms with E-state index in [0.29, 0.717) is 47.2 Å². The Labute approximate surface area is 666 Å². The van der Waals surface area contributed by atoms with Gasteiger partial charge in [0.05, 0.1) is 16.2 Å². The number of benzene rings is 16. The molecule has 552 valence electrons. The number of nitrogens with zero attached hydrogens (tertiary/aromatic N) is 2. The van der Waals surface area contributed by atoms with Gasteiger partial charge in [0, 0.05) is 34.1 Å². The van der Waals surface area contributed by atoms with Crippen LogP contribution in [-0.4, -0.2) is 0 Å². The fraction of sp³-hybridized carbons (Fsp3) is 0.0654. The van der Waals surface area contributed by atoms with Gasteiger partial charge in [0.15, 0.2) is 0 Å². The third-order valence-electron chi connectivity index (χ3n) is 24.3. The third kappa shape index (κ3) is 11.1. The van der Waals surface area contributed by atoms with Gasteiger partial charge in [-0.25, -0.2) is 17.6 Å². The number of ether oxygens (including phenoxy) is 2. The lowest BCUT2D eigenvalue weighted by Crippen LogP contribution is -2.29. The Morgan fingerprint density at radius 1 is 0.270 bits per heavy atom. The molecule has 4 aliphatic rings. The van der Waals surface area contributed by atoms with Crippen molar-refractivity contribution < 1.29 is 27.0 Å². The second-order valence-electron chi connectivity index (χ2n) is 30.4. The Morgan fingerprint density at radius 2 is 0.530 bits per heavy atom. The van der Waals surface area contributed by atoms with Gasteiger partial charge in [0.25, 0.3) is 0 Å². The van der Waals surface area contributed by atoms with E-state index in [4.69, 9.17) is 9.47 Å². The van der Waals surface area contributed by atoms with Crippen molar-refractivity contribution in [3.05, 3.63) is 488 Å². The number of aryl methyl sites for hydroxylation is 2. The van der Waals surface area contributed by atoms with Gasteiger partial charge in [0.2, 0.25) is 0 Å². The van der Waals surface area contributed by atoms with Crippen molar-refractivity contribution >= 4 is 46.3 Å². The zero-order chi connectivity index (χ0) is 77.8. The maximum Gasteiger partial charge on any atom is 0.128 e. The van der Waals surface area contributed by atoms with Gasteiger partial charge in [0.1, 0.15) is 48.0 Å². The van der Waals surface area contributed by atoms with Crippen LogP contribution < -0.4 is 19.3 Å². The summed E-state index contributed by atoms with van der Waals surface area (Å²) in [6.07, 6.45) is 3.65. The fourth-order valence-electron chi connectivity index (χ4n) is 19.0. The van der Waals surface area contributed by atoms with E-state index in [-0.39, 0.29) is 23.3 Å². The second kappa shape index (κ2) is 27.7. The van der Waals surface area contributed by atoms with Crippen LogP contribution in [0.1, 0.15) is 100 Å². The standard InChI is InChI=1S/C107H74F4N2O2/c1-5-69-25-29-71(30-26-69)65-114-85-51-37-75(38-52-85)105(73-33-41-77(108)42-34-73)95-19-11-7-15-87(95)91-55-47-79(59-99(91)105)112(83-45-23-67(3)103(110)63-83)81-49-57-93-89-17-9-13-21-97(89)107(101(93)61-81)98-22-14-10-18-90(98)94-58-50-82(62-102(94)107)113(84-46-24-68(4)104(111)64-84)80-48-56-92-88-16-8-12-20-96(88)106(100(92)60-80,74-35-43-78(109)44-36-74)76-39-53-86(54-40-76)115-66-72-31-27-70(6-2)28-32-72/h5-64H,1-2,65-66H2,3-4H3. The first-order valence-corrected chi connectivity index (χ1v) is 38.8. The van der Waals surface area contributed by atoms with E-state index in [1.165, 1.54) is 24.3 Å². The van der Waals surface area contributed by atoms with E-state index in [0.717, 1.165) is 156 Å². The van der Waals surface area contributed by atoms with Crippen molar-refractivity contribution in [2.75, 3.05) is 9.80 Å². The topological polar surface area (TPSA) is 24.9 Å². The van der Waals surface area contributed by atoms with Crippen LogP contribution in [0.5, 0.6) is 11.5 Å². The zero-order valence-corrected chi connectivity index (χ0v) is 63.2. The molecule has 0 fully saturated rings. The normalized spacial score (nSPS) is 16.0. The number of fused-ring (bicyclic) bond motifs is 16. The Balaban J connectivity index is 0.758. The molecule has 4 aliphatic carbocycles. The molecule has 0 saturated heterocycles. The molecule has 115 heavy (non-hydrogen) atoms. The van der Waals surface area contributed by atoms with Crippen LogP contribution in [0, 0.1) is 37.1 Å². The molecule has 0 amide bonds. The molecule has 1 spiro atoms. The molecule has 2 unspecified atom stereocenters. The molecule has 16 aromatic carbocycles.